The molecule has 2 heterocycles. The molecule has 1 aliphatic heterocycles. The number of rotatable bonds is 6. The average molecular weight is 349 g/mol. The van der Waals surface area contributed by atoms with E-state index in [2.05, 4.69) is 34.0 Å². The van der Waals surface area contributed by atoms with Crippen molar-refractivity contribution >= 4 is 22.5 Å². The molecule has 5 nitrogen and oxygen atoms in total. The number of H-pyrrole nitrogens is 1. The Kier molecular flexibility index (Phi) is 5.23. The lowest BCUT2D eigenvalue weighted by Crippen LogP contribution is -2.38. The highest BCUT2D eigenvalue weighted by Gasteiger charge is 2.30. The number of aromatic nitrogens is 2. The molecule has 1 saturated heterocycles. The maximum atomic E-state index is 12.3. The van der Waals surface area contributed by atoms with Crippen LogP contribution in [-0.2, 0) is 6.54 Å². The Morgan fingerprint density at radius 3 is 2.96 bits per heavy atom. The molecule has 0 spiro atoms. The highest BCUT2D eigenvalue weighted by molar-refractivity contribution is 6.31. The summed E-state index contributed by atoms with van der Waals surface area (Å²) in [6.45, 7) is 9.29. The van der Waals surface area contributed by atoms with E-state index in [9.17, 15) is 4.79 Å². The fourth-order valence-electron chi connectivity index (χ4n) is 3.52. The van der Waals surface area contributed by atoms with E-state index in [1.807, 2.05) is 0 Å². The molecule has 1 fully saturated rings. The van der Waals surface area contributed by atoms with Crippen LogP contribution in [0.1, 0.15) is 32.5 Å². The molecule has 130 valence electrons. The summed E-state index contributed by atoms with van der Waals surface area (Å²) in [6.07, 6.45) is 2.26. The molecule has 1 unspecified atom stereocenters. The third-order valence-corrected chi connectivity index (χ3v) is 4.93. The summed E-state index contributed by atoms with van der Waals surface area (Å²) in [7, 11) is 0. The molecule has 24 heavy (non-hydrogen) atoms. The lowest BCUT2D eigenvalue weighted by molar-refractivity contribution is 0.167. The highest BCUT2D eigenvalue weighted by atomic mass is 35.5. The van der Waals surface area contributed by atoms with Crippen molar-refractivity contribution in [3.05, 3.63) is 39.4 Å². The zero-order chi connectivity index (χ0) is 17.2. The minimum atomic E-state index is -0.100. The van der Waals surface area contributed by atoms with Crippen molar-refractivity contribution in [3.63, 3.8) is 0 Å². The van der Waals surface area contributed by atoms with Gasteiger partial charge in [-0.2, -0.15) is 0 Å². The maximum Gasteiger partial charge on any atom is 0.258 e. The minimum Gasteiger partial charge on any atom is -0.316 e. The molecule has 0 saturated carbocycles. The van der Waals surface area contributed by atoms with Gasteiger partial charge in [-0.15, -0.1) is 0 Å². The molecular weight excluding hydrogens is 324 g/mol. The summed E-state index contributed by atoms with van der Waals surface area (Å²) < 4.78 is 0. The molecular formula is C18H25ClN4O. The van der Waals surface area contributed by atoms with Gasteiger partial charge in [-0.1, -0.05) is 25.4 Å². The Labute approximate surface area is 147 Å². The number of nitrogens with zero attached hydrogens (tertiary/aromatic N) is 2. The molecule has 2 N–H and O–H groups in total. The van der Waals surface area contributed by atoms with Gasteiger partial charge in [0.2, 0.25) is 0 Å². The fraction of sp³-hybridized carbons (Fsp3) is 0.556. The van der Waals surface area contributed by atoms with E-state index in [1.54, 1.807) is 18.2 Å². The van der Waals surface area contributed by atoms with E-state index in [0.29, 0.717) is 28.3 Å². The second-order valence-corrected chi connectivity index (χ2v) is 7.56. The van der Waals surface area contributed by atoms with E-state index < -0.39 is 0 Å². The molecule has 6 heteroatoms. The monoisotopic (exact) mass is 348 g/mol. The van der Waals surface area contributed by atoms with Gasteiger partial charge in [0.15, 0.2) is 0 Å². The van der Waals surface area contributed by atoms with Crippen LogP contribution in [0, 0.1) is 5.41 Å². The molecule has 1 atom stereocenters. The lowest BCUT2D eigenvalue weighted by Gasteiger charge is -2.31. The van der Waals surface area contributed by atoms with Crippen LogP contribution in [0.2, 0.25) is 5.02 Å². The predicted octanol–water partition coefficient (Wildman–Crippen LogP) is 2.79. The van der Waals surface area contributed by atoms with Crippen molar-refractivity contribution in [2.75, 3.05) is 26.2 Å². The smallest absolute Gasteiger partial charge is 0.258 e. The molecule has 0 aliphatic carbocycles. The largest absolute Gasteiger partial charge is 0.316 e. The first-order valence-corrected chi connectivity index (χ1v) is 8.98. The Morgan fingerprint density at radius 2 is 2.25 bits per heavy atom. The molecule has 1 aromatic carbocycles. The summed E-state index contributed by atoms with van der Waals surface area (Å²) in [6, 6.07) is 5.20. The van der Waals surface area contributed by atoms with E-state index in [1.165, 1.54) is 6.42 Å². The van der Waals surface area contributed by atoms with Crippen molar-refractivity contribution in [3.8, 4) is 0 Å². The van der Waals surface area contributed by atoms with Crippen LogP contribution in [0.3, 0.4) is 0 Å². The SMILES string of the molecule is CCCN(Cc1nc2cc(Cl)ccc2c(=O)[nH]1)CC1(C)CCNC1. The summed E-state index contributed by atoms with van der Waals surface area (Å²) >= 11 is 6.04. The van der Waals surface area contributed by atoms with Crippen LogP contribution in [0.5, 0.6) is 0 Å². The second-order valence-electron chi connectivity index (χ2n) is 7.12. The van der Waals surface area contributed by atoms with E-state index in [-0.39, 0.29) is 11.0 Å². The molecule has 1 aromatic heterocycles. The Bertz CT molecular complexity index is 767. The van der Waals surface area contributed by atoms with Crippen molar-refractivity contribution in [2.24, 2.45) is 5.41 Å². The van der Waals surface area contributed by atoms with Crippen LogP contribution in [0.15, 0.2) is 23.0 Å². The van der Waals surface area contributed by atoms with Gasteiger partial charge in [0.05, 0.1) is 17.4 Å². The maximum absolute atomic E-state index is 12.3. The van der Waals surface area contributed by atoms with Gasteiger partial charge in [-0.3, -0.25) is 9.69 Å². The second kappa shape index (κ2) is 7.21. The lowest BCUT2D eigenvalue weighted by atomic mass is 9.89. The van der Waals surface area contributed by atoms with Crippen molar-refractivity contribution < 1.29 is 0 Å². The molecule has 0 radical (unpaired) electrons. The minimum absolute atomic E-state index is 0.100. The van der Waals surface area contributed by atoms with Crippen LogP contribution < -0.4 is 10.9 Å². The number of hydrogen-bond donors (Lipinski definition) is 2. The van der Waals surface area contributed by atoms with Gasteiger partial charge in [-0.25, -0.2) is 4.98 Å². The van der Waals surface area contributed by atoms with Crippen molar-refractivity contribution in [1.82, 2.24) is 20.2 Å². The normalized spacial score (nSPS) is 21.0. The molecule has 3 rings (SSSR count). The Hall–Kier alpha value is -1.43. The summed E-state index contributed by atoms with van der Waals surface area (Å²) in [5.74, 6) is 0.706. The van der Waals surface area contributed by atoms with Gasteiger partial charge in [0, 0.05) is 18.1 Å². The molecule has 2 aromatic rings. The van der Waals surface area contributed by atoms with Crippen molar-refractivity contribution in [2.45, 2.75) is 33.2 Å². The van der Waals surface area contributed by atoms with Crippen LogP contribution in [-0.4, -0.2) is 41.0 Å². The van der Waals surface area contributed by atoms with Gasteiger partial charge in [0.1, 0.15) is 5.82 Å². The number of benzene rings is 1. The molecule has 0 bridgehead atoms. The van der Waals surface area contributed by atoms with E-state index in [0.717, 1.165) is 32.6 Å². The standard InChI is InChI=1S/C18H25ClN4O/c1-3-8-23(12-18(2)6-7-20-11-18)10-16-21-15-9-13(19)4-5-14(15)17(24)22-16/h4-5,9,20H,3,6-8,10-12H2,1-2H3,(H,21,22,24). The van der Waals surface area contributed by atoms with Gasteiger partial charge >= 0.3 is 0 Å². The third kappa shape index (κ3) is 3.97. The van der Waals surface area contributed by atoms with Crippen molar-refractivity contribution in [1.29, 1.82) is 0 Å². The Balaban J connectivity index is 1.83. The summed E-state index contributed by atoms with van der Waals surface area (Å²) in [5, 5.41) is 4.63. The predicted molar refractivity (Wildman–Crippen MR) is 98.5 cm³/mol. The number of fused-ring (bicyclic) bond motifs is 1. The topological polar surface area (TPSA) is 61.0 Å². The Morgan fingerprint density at radius 1 is 1.42 bits per heavy atom. The number of hydrogen-bond acceptors (Lipinski definition) is 4. The number of halogens is 1. The molecule has 1 aliphatic rings. The number of aromatic amines is 1. The highest BCUT2D eigenvalue weighted by Crippen LogP contribution is 2.26. The quantitative estimate of drug-likeness (QED) is 0.842. The van der Waals surface area contributed by atoms with E-state index in [4.69, 9.17) is 11.6 Å². The zero-order valence-electron chi connectivity index (χ0n) is 14.4. The first-order chi connectivity index (χ1) is 11.5. The first-order valence-electron chi connectivity index (χ1n) is 8.61. The van der Waals surface area contributed by atoms with Gasteiger partial charge < -0.3 is 10.3 Å². The third-order valence-electron chi connectivity index (χ3n) is 4.69. The number of nitrogens with one attached hydrogen (secondary N) is 2. The average Bonchev–Trinajstić information content (AvgIpc) is 2.93. The van der Waals surface area contributed by atoms with E-state index >= 15 is 0 Å². The molecule has 0 amide bonds. The van der Waals surface area contributed by atoms with Gasteiger partial charge in [-0.05, 0) is 49.5 Å². The zero-order valence-corrected chi connectivity index (χ0v) is 15.1. The van der Waals surface area contributed by atoms with Crippen LogP contribution in [0.4, 0.5) is 0 Å². The van der Waals surface area contributed by atoms with Gasteiger partial charge in [0.25, 0.3) is 5.56 Å². The summed E-state index contributed by atoms with van der Waals surface area (Å²) in [5.41, 5.74) is 0.846. The van der Waals surface area contributed by atoms with Crippen LogP contribution in [0.25, 0.3) is 10.9 Å². The fourth-order valence-corrected chi connectivity index (χ4v) is 3.69. The van der Waals surface area contributed by atoms with Crippen LogP contribution >= 0.6 is 11.6 Å². The first kappa shape index (κ1) is 17.4. The summed E-state index contributed by atoms with van der Waals surface area (Å²) in [4.78, 5) is 22.2.